The van der Waals surface area contributed by atoms with E-state index in [1.54, 1.807) is 4.90 Å². The number of hydrogen-bond donors (Lipinski definition) is 1. The molecule has 1 N–H and O–H groups in total. The molecule has 1 aliphatic heterocycles. The third-order valence-electron chi connectivity index (χ3n) is 4.31. The van der Waals surface area contributed by atoms with Crippen LogP contribution < -0.4 is 10.2 Å². The molecule has 3 rings (SSSR count). The average molecular weight is 355 g/mol. The molecule has 1 unspecified atom stereocenters. The predicted octanol–water partition coefficient (Wildman–Crippen LogP) is 1.77. The number of amides is 1. The minimum absolute atomic E-state index is 0.104. The van der Waals surface area contributed by atoms with E-state index in [0.29, 0.717) is 26.3 Å². The van der Waals surface area contributed by atoms with Crippen molar-refractivity contribution >= 4 is 17.5 Å². The highest BCUT2D eigenvalue weighted by molar-refractivity contribution is 5.82. The van der Waals surface area contributed by atoms with Crippen LogP contribution >= 0.6 is 0 Å². The summed E-state index contributed by atoms with van der Waals surface area (Å²) in [4.78, 5) is 24.2. The number of piperazine rings is 1. The standard InChI is InChI=1S/C19H25N5O2/c1-15(12-26-13-16-6-4-3-5-7-16)22-17-10-18(21-14-20-17)24-9-8-23(2)19(25)11-24/h3-7,10,14-15H,8-9,11-13H2,1-2H3,(H,20,21,22). The summed E-state index contributed by atoms with van der Waals surface area (Å²) in [5.41, 5.74) is 1.16. The highest BCUT2D eigenvalue weighted by Gasteiger charge is 2.22. The number of carbonyl (C=O) groups is 1. The first-order valence-electron chi connectivity index (χ1n) is 8.81. The Morgan fingerprint density at radius 3 is 2.81 bits per heavy atom. The van der Waals surface area contributed by atoms with Gasteiger partial charge < -0.3 is 19.9 Å². The van der Waals surface area contributed by atoms with E-state index < -0.39 is 0 Å². The van der Waals surface area contributed by atoms with E-state index in [9.17, 15) is 4.79 Å². The summed E-state index contributed by atoms with van der Waals surface area (Å²) in [5.74, 6) is 1.60. The molecule has 7 heteroatoms. The molecular formula is C19H25N5O2. The lowest BCUT2D eigenvalue weighted by Crippen LogP contribution is -2.48. The van der Waals surface area contributed by atoms with Crippen molar-refractivity contribution in [2.24, 2.45) is 0 Å². The second-order valence-corrected chi connectivity index (χ2v) is 6.54. The maximum Gasteiger partial charge on any atom is 0.241 e. The number of ether oxygens (including phenoxy) is 1. The Labute approximate surface area is 154 Å². The number of carbonyl (C=O) groups excluding carboxylic acids is 1. The molecular weight excluding hydrogens is 330 g/mol. The number of likely N-dealkylation sites (N-methyl/N-ethyl adjacent to an activating group) is 1. The normalized spacial score (nSPS) is 15.8. The minimum Gasteiger partial charge on any atom is -0.375 e. The smallest absolute Gasteiger partial charge is 0.241 e. The van der Waals surface area contributed by atoms with Gasteiger partial charge in [0.2, 0.25) is 5.91 Å². The van der Waals surface area contributed by atoms with Crippen LogP contribution in [0.3, 0.4) is 0 Å². The number of benzene rings is 1. The molecule has 0 aliphatic carbocycles. The van der Waals surface area contributed by atoms with E-state index in [2.05, 4.69) is 15.3 Å². The van der Waals surface area contributed by atoms with Crippen molar-refractivity contribution in [3.63, 3.8) is 0 Å². The van der Waals surface area contributed by atoms with Gasteiger partial charge in [-0.3, -0.25) is 4.79 Å². The zero-order chi connectivity index (χ0) is 18.4. The molecule has 1 fully saturated rings. The Balaban J connectivity index is 1.50. The van der Waals surface area contributed by atoms with Crippen LogP contribution in [0, 0.1) is 0 Å². The van der Waals surface area contributed by atoms with Crippen molar-refractivity contribution in [3.8, 4) is 0 Å². The van der Waals surface area contributed by atoms with Crippen molar-refractivity contribution in [1.29, 1.82) is 0 Å². The summed E-state index contributed by atoms with van der Waals surface area (Å²) >= 11 is 0. The van der Waals surface area contributed by atoms with Crippen molar-refractivity contribution in [2.75, 3.05) is 43.5 Å². The van der Waals surface area contributed by atoms with Crippen molar-refractivity contribution in [2.45, 2.75) is 19.6 Å². The first-order chi connectivity index (χ1) is 12.6. The summed E-state index contributed by atoms with van der Waals surface area (Å²) in [6.45, 7) is 5.03. The summed E-state index contributed by atoms with van der Waals surface area (Å²) in [6.07, 6.45) is 1.53. The van der Waals surface area contributed by atoms with Crippen LogP contribution in [-0.2, 0) is 16.1 Å². The fourth-order valence-corrected chi connectivity index (χ4v) is 2.77. The van der Waals surface area contributed by atoms with Crippen molar-refractivity contribution in [1.82, 2.24) is 14.9 Å². The van der Waals surface area contributed by atoms with Gasteiger partial charge in [0.05, 0.1) is 19.8 Å². The molecule has 0 radical (unpaired) electrons. The molecule has 1 atom stereocenters. The molecule has 0 saturated carbocycles. The van der Waals surface area contributed by atoms with Crippen LogP contribution in [0.2, 0.25) is 0 Å². The lowest BCUT2D eigenvalue weighted by molar-refractivity contribution is -0.129. The van der Waals surface area contributed by atoms with Gasteiger partial charge in [0.15, 0.2) is 0 Å². The largest absolute Gasteiger partial charge is 0.375 e. The molecule has 7 nitrogen and oxygen atoms in total. The van der Waals surface area contributed by atoms with E-state index in [4.69, 9.17) is 4.74 Å². The van der Waals surface area contributed by atoms with E-state index >= 15 is 0 Å². The maximum absolute atomic E-state index is 11.9. The minimum atomic E-state index is 0.104. The third kappa shape index (κ3) is 4.92. The van der Waals surface area contributed by atoms with Crippen LogP contribution in [0.4, 0.5) is 11.6 Å². The first-order valence-corrected chi connectivity index (χ1v) is 8.81. The van der Waals surface area contributed by atoms with Gasteiger partial charge in [-0.1, -0.05) is 30.3 Å². The van der Waals surface area contributed by atoms with Crippen molar-refractivity contribution < 1.29 is 9.53 Å². The van der Waals surface area contributed by atoms with Crippen LogP contribution in [0.1, 0.15) is 12.5 Å². The lowest BCUT2D eigenvalue weighted by Gasteiger charge is -2.32. The first kappa shape index (κ1) is 18.1. The fraction of sp³-hybridized carbons (Fsp3) is 0.421. The van der Waals surface area contributed by atoms with E-state index in [1.807, 2.05) is 55.3 Å². The molecule has 1 aromatic heterocycles. The van der Waals surface area contributed by atoms with Gasteiger partial charge in [-0.05, 0) is 12.5 Å². The summed E-state index contributed by atoms with van der Waals surface area (Å²) in [5, 5.41) is 3.33. The SMILES string of the molecule is CC(COCc1ccccc1)Nc1cc(N2CCN(C)C(=O)C2)ncn1. The molecule has 2 heterocycles. The number of nitrogens with zero attached hydrogens (tertiary/aromatic N) is 4. The predicted molar refractivity (Wildman–Crippen MR) is 101 cm³/mol. The third-order valence-corrected chi connectivity index (χ3v) is 4.31. The van der Waals surface area contributed by atoms with Crippen LogP contribution in [-0.4, -0.2) is 60.1 Å². The Bertz CT molecular complexity index is 725. The van der Waals surface area contributed by atoms with Gasteiger partial charge in [0.25, 0.3) is 0 Å². The number of rotatable bonds is 7. The number of aromatic nitrogens is 2. The highest BCUT2D eigenvalue weighted by Crippen LogP contribution is 2.17. The molecule has 138 valence electrons. The highest BCUT2D eigenvalue weighted by atomic mass is 16.5. The zero-order valence-electron chi connectivity index (χ0n) is 15.3. The van der Waals surface area contributed by atoms with Gasteiger partial charge >= 0.3 is 0 Å². The summed E-state index contributed by atoms with van der Waals surface area (Å²) < 4.78 is 5.76. The molecule has 1 amide bonds. The molecule has 1 saturated heterocycles. The topological polar surface area (TPSA) is 70.6 Å². The number of nitrogens with one attached hydrogen (secondary N) is 1. The monoisotopic (exact) mass is 355 g/mol. The number of hydrogen-bond acceptors (Lipinski definition) is 6. The van der Waals surface area contributed by atoms with E-state index in [0.717, 1.165) is 23.7 Å². The Hall–Kier alpha value is -2.67. The second kappa shape index (κ2) is 8.62. The molecule has 0 bridgehead atoms. The van der Waals surface area contributed by atoms with Crippen LogP contribution in [0.5, 0.6) is 0 Å². The van der Waals surface area contributed by atoms with Gasteiger partial charge in [-0.25, -0.2) is 9.97 Å². The zero-order valence-corrected chi connectivity index (χ0v) is 15.3. The van der Waals surface area contributed by atoms with Gasteiger partial charge in [-0.2, -0.15) is 0 Å². The Kier molecular flexibility index (Phi) is 6.01. The number of anilines is 2. The van der Waals surface area contributed by atoms with E-state index in [-0.39, 0.29) is 11.9 Å². The molecule has 0 spiro atoms. The summed E-state index contributed by atoms with van der Waals surface area (Å²) in [6, 6.07) is 12.1. The van der Waals surface area contributed by atoms with Gasteiger partial charge in [0, 0.05) is 32.2 Å². The Morgan fingerprint density at radius 2 is 2.04 bits per heavy atom. The second-order valence-electron chi connectivity index (χ2n) is 6.54. The molecule has 1 aliphatic rings. The van der Waals surface area contributed by atoms with Crippen LogP contribution in [0.15, 0.2) is 42.7 Å². The molecule has 26 heavy (non-hydrogen) atoms. The van der Waals surface area contributed by atoms with Gasteiger partial charge in [0.1, 0.15) is 18.0 Å². The summed E-state index contributed by atoms with van der Waals surface area (Å²) in [7, 11) is 1.82. The lowest BCUT2D eigenvalue weighted by atomic mass is 10.2. The fourth-order valence-electron chi connectivity index (χ4n) is 2.77. The average Bonchev–Trinajstić information content (AvgIpc) is 2.65. The van der Waals surface area contributed by atoms with Gasteiger partial charge in [-0.15, -0.1) is 0 Å². The maximum atomic E-state index is 11.9. The Morgan fingerprint density at radius 1 is 1.23 bits per heavy atom. The van der Waals surface area contributed by atoms with E-state index in [1.165, 1.54) is 6.33 Å². The van der Waals surface area contributed by atoms with Crippen LogP contribution in [0.25, 0.3) is 0 Å². The van der Waals surface area contributed by atoms with Crippen molar-refractivity contribution in [3.05, 3.63) is 48.3 Å². The molecule has 1 aromatic carbocycles. The quantitative estimate of drug-likeness (QED) is 0.816. The molecule has 2 aromatic rings.